The van der Waals surface area contributed by atoms with Crippen LogP contribution >= 0.6 is 24.0 Å². The third kappa shape index (κ3) is 6.54. The first-order chi connectivity index (χ1) is 8.99. The van der Waals surface area contributed by atoms with Gasteiger partial charge in [-0.3, -0.25) is 4.79 Å². The van der Waals surface area contributed by atoms with E-state index in [4.69, 9.17) is 12.2 Å². The van der Waals surface area contributed by atoms with Gasteiger partial charge in [-0.05, 0) is 24.1 Å². The van der Waals surface area contributed by atoms with Gasteiger partial charge in [0.2, 0.25) is 5.91 Å². The van der Waals surface area contributed by atoms with Crippen molar-refractivity contribution in [1.82, 2.24) is 10.2 Å². The van der Waals surface area contributed by atoms with E-state index in [1.54, 1.807) is 17.0 Å². The summed E-state index contributed by atoms with van der Waals surface area (Å²) < 4.78 is 13.4. The average molecular weight is 300 g/mol. The molecule has 0 fully saturated rings. The number of rotatable bonds is 5. The van der Waals surface area contributed by atoms with Crippen molar-refractivity contribution in [2.45, 2.75) is 6.42 Å². The van der Waals surface area contributed by atoms with Gasteiger partial charge >= 0.3 is 0 Å². The van der Waals surface area contributed by atoms with Gasteiger partial charge in [0.15, 0.2) is 0 Å². The number of carbonyl (C=O) groups is 1. The number of amides is 1. The molecule has 0 heterocycles. The molecular weight excluding hydrogens is 283 g/mol. The Kier molecular flexibility index (Phi) is 6.80. The smallest absolute Gasteiger partial charge is 0.230 e. The lowest BCUT2D eigenvalue weighted by Gasteiger charge is -2.12. The van der Waals surface area contributed by atoms with Crippen LogP contribution in [0, 0.1) is 5.82 Å². The molecule has 1 aromatic carbocycles. The Balaban J connectivity index is 2.20. The van der Waals surface area contributed by atoms with Crippen LogP contribution in [0.2, 0.25) is 0 Å². The van der Waals surface area contributed by atoms with E-state index in [-0.39, 0.29) is 11.7 Å². The fraction of sp³-hybridized carbons (Fsp3) is 0.385. The number of hydrogen-bond acceptors (Lipinski definition) is 3. The van der Waals surface area contributed by atoms with Crippen LogP contribution in [0.3, 0.4) is 0 Å². The zero-order valence-electron chi connectivity index (χ0n) is 11.0. The summed E-state index contributed by atoms with van der Waals surface area (Å²) in [6.07, 6.45) is 0.689. The van der Waals surface area contributed by atoms with Crippen LogP contribution in [-0.2, 0) is 11.2 Å². The van der Waals surface area contributed by atoms with Crippen molar-refractivity contribution >= 4 is 34.2 Å². The first-order valence-corrected chi connectivity index (χ1v) is 7.23. The lowest BCUT2D eigenvalue weighted by atomic mass is 10.1. The van der Waals surface area contributed by atoms with Crippen molar-refractivity contribution in [2.75, 3.05) is 26.4 Å². The van der Waals surface area contributed by atoms with Crippen molar-refractivity contribution in [1.29, 1.82) is 0 Å². The molecule has 19 heavy (non-hydrogen) atoms. The maximum Gasteiger partial charge on any atom is 0.230 e. The summed E-state index contributed by atoms with van der Waals surface area (Å²) in [4.78, 5) is 13.3. The molecule has 1 N–H and O–H groups in total. The first kappa shape index (κ1) is 15.9. The standard InChI is InChI=1S/C13H17FN2OS2/c1-16(2)13(18)19-9-12(17)15-8-7-10-3-5-11(14)6-4-10/h3-6H,7-9H2,1-2H3,(H,15,17). The maximum absolute atomic E-state index is 12.7. The fourth-order valence-electron chi connectivity index (χ4n) is 1.30. The van der Waals surface area contributed by atoms with Crippen molar-refractivity contribution < 1.29 is 9.18 Å². The Labute approximate surface area is 122 Å². The van der Waals surface area contributed by atoms with E-state index >= 15 is 0 Å². The maximum atomic E-state index is 12.7. The monoisotopic (exact) mass is 300 g/mol. The number of halogens is 1. The molecule has 0 aliphatic carbocycles. The molecule has 0 saturated carbocycles. The Bertz CT molecular complexity index is 435. The summed E-state index contributed by atoms with van der Waals surface area (Å²) >= 11 is 6.41. The molecule has 0 aliphatic heterocycles. The van der Waals surface area contributed by atoms with Crippen molar-refractivity contribution in [3.8, 4) is 0 Å². The molecule has 0 spiro atoms. The topological polar surface area (TPSA) is 32.3 Å². The van der Waals surface area contributed by atoms with E-state index in [0.29, 0.717) is 23.0 Å². The lowest BCUT2D eigenvalue weighted by Crippen LogP contribution is -2.28. The van der Waals surface area contributed by atoms with Gasteiger partial charge in [0.05, 0.1) is 5.75 Å². The Morgan fingerprint density at radius 3 is 2.58 bits per heavy atom. The van der Waals surface area contributed by atoms with Gasteiger partial charge in [0.25, 0.3) is 0 Å². The van der Waals surface area contributed by atoms with Gasteiger partial charge < -0.3 is 10.2 Å². The molecule has 3 nitrogen and oxygen atoms in total. The van der Waals surface area contributed by atoms with Crippen molar-refractivity contribution in [3.63, 3.8) is 0 Å². The number of hydrogen-bond donors (Lipinski definition) is 1. The predicted octanol–water partition coefficient (Wildman–Crippen LogP) is 2.06. The summed E-state index contributed by atoms with van der Waals surface area (Å²) in [5, 5.41) is 2.81. The molecule has 6 heteroatoms. The van der Waals surface area contributed by atoms with Crippen LogP contribution in [0.15, 0.2) is 24.3 Å². The highest BCUT2D eigenvalue weighted by atomic mass is 32.2. The number of thiocarbonyl (C=S) groups is 1. The minimum absolute atomic E-state index is 0.0451. The van der Waals surface area contributed by atoms with E-state index in [1.807, 2.05) is 14.1 Å². The van der Waals surface area contributed by atoms with Gasteiger partial charge in [-0.2, -0.15) is 0 Å². The molecular formula is C13H17FN2OS2. The van der Waals surface area contributed by atoms with E-state index in [1.165, 1.54) is 23.9 Å². The van der Waals surface area contributed by atoms with E-state index in [2.05, 4.69) is 5.32 Å². The molecule has 0 saturated heterocycles. The highest BCUT2D eigenvalue weighted by molar-refractivity contribution is 8.23. The molecule has 0 aromatic heterocycles. The summed E-state index contributed by atoms with van der Waals surface area (Å²) in [6.45, 7) is 0.541. The third-order valence-electron chi connectivity index (χ3n) is 2.34. The van der Waals surface area contributed by atoms with Gasteiger partial charge in [0.1, 0.15) is 10.1 Å². The summed E-state index contributed by atoms with van der Waals surface area (Å²) in [5.74, 6) is 0.0261. The highest BCUT2D eigenvalue weighted by Gasteiger charge is 2.05. The van der Waals surface area contributed by atoms with Crippen LogP contribution in [0.25, 0.3) is 0 Å². The SMILES string of the molecule is CN(C)C(=S)SCC(=O)NCCc1ccc(F)cc1. The number of thioether (sulfide) groups is 1. The zero-order valence-corrected chi connectivity index (χ0v) is 12.6. The summed E-state index contributed by atoms with van der Waals surface area (Å²) in [7, 11) is 3.70. The molecule has 0 aliphatic rings. The van der Waals surface area contributed by atoms with Crippen LogP contribution in [0.5, 0.6) is 0 Å². The zero-order chi connectivity index (χ0) is 14.3. The van der Waals surface area contributed by atoms with Gasteiger partial charge in [0, 0.05) is 20.6 Å². The van der Waals surface area contributed by atoms with Gasteiger partial charge in [-0.1, -0.05) is 36.1 Å². The quantitative estimate of drug-likeness (QED) is 0.844. The minimum atomic E-state index is -0.249. The number of nitrogens with zero attached hydrogens (tertiary/aromatic N) is 1. The lowest BCUT2D eigenvalue weighted by molar-refractivity contribution is -0.118. The Morgan fingerprint density at radius 1 is 1.37 bits per heavy atom. The summed E-state index contributed by atoms with van der Waals surface area (Å²) in [6, 6.07) is 6.28. The van der Waals surface area contributed by atoms with Crippen LogP contribution in [0.4, 0.5) is 4.39 Å². The second-order valence-corrected chi connectivity index (χ2v) is 5.78. The van der Waals surface area contributed by atoms with Crippen molar-refractivity contribution in [2.24, 2.45) is 0 Å². The molecule has 0 atom stereocenters. The van der Waals surface area contributed by atoms with Gasteiger partial charge in [-0.15, -0.1) is 0 Å². The average Bonchev–Trinajstić information content (AvgIpc) is 2.38. The Morgan fingerprint density at radius 2 is 2.00 bits per heavy atom. The normalized spacial score (nSPS) is 10.1. The fourth-order valence-corrected chi connectivity index (χ4v) is 2.10. The van der Waals surface area contributed by atoms with Crippen LogP contribution in [0.1, 0.15) is 5.56 Å². The third-order valence-corrected chi connectivity index (χ3v) is 4.08. The van der Waals surface area contributed by atoms with Crippen LogP contribution < -0.4 is 5.32 Å². The van der Waals surface area contributed by atoms with Crippen LogP contribution in [-0.4, -0.2) is 41.5 Å². The van der Waals surface area contributed by atoms with E-state index in [0.717, 1.165) is 5.56 Å². The van der Waals surface area contributed by atoms with E-state index in [9.17, 15) is 9.18 Å². The molecule has 0 radical (unpaired) electrons. The highest BCUT2D eigenvalue weighted by Crippen LogP contribution is 2.06. The van der Waals surface area contributed by atoms with Gasteiger partial charge in [-0.25, -0.2) is 4.39 Å². The summed E-state index contributed by atoms with van der Waals surface area (Å²) in [5.41, 5.74) is 0.998. The predicted molar refractivity (Wildman–Crippen MR) is 81.9 cm³/mol. The Hall–Kier alpha value is -1.14. The second kappa shape index (κ2) is 8.12. The largest absolute Gasteiger partial charge is 0.364 e. The molecule has 1 aromatic rings. The number of nitrogens with one attached hydrogen (secondary N) is 1. The number of carbonyl (C=O) groups excluding carboxylic acids is 1. The minimum Gasteiger partial charge on any atom is -0.364 e. The molecule has 104 valence electrons. The van der Waals surface area contributed by atoms with Crippen molar-refractivity contribution in [3.05, 3.63) is 35.6 Å². The number of benzene rings is 1. The molecule has 1 amide bonds. The first-order valence-electron chi connectivity index (χ1n) is 5.84. The second-order valence-electron chi connectivity index (χ2n) is 4.18. The molecule has 0 bridgehead atoms. The van der Waals surface area contributed by atoms with E-state index < -0.39 is 0 Å². The molecule has 1 rings (SSSR count). The molecule has 0 unspecified atom stereocenters.